The number of nitrogens with one attached hydrogen (secondary N) is 2. The number of halogens is 1. The van der Waals surface area contributed by atoms with Gasteiger partial charge in [0.2, 0.25) is 0 Å². The van der Waals surface area contributed by atoms with Crippen molar-refractivity contribution in [3.05, 3.63) is 53.2 Å². The lowest BCUT2D eigenvalue weighted by Crippen LogP contribution is -2.51. The number of aromatic nitrogens is 1. The van der Waals surface area contributed by atoms with E-state index in [1.165, 1.54) is 21.2 Å². The lowest BCUT2D eigenvalue weighted by Gasteiger charge is -2.28. The number of ether oxygens (including phenoxy) is 1. The van der Waals surface area contributed by atoms with Gasteiger partial charge in [0.1, 0.15) is 0 Å². The van der Waals surface area contributed by atoms with Gasteiger partial charge in [-0.1, -0.05) is 40.8 Å². The molecule has 6 N–H and O–H groups in total. The summed E-state index contributed by atoms with van der Waals surface area (Å²) in [5, 5.41) is 29.8. The van der Waals surface area contributed by atoms with E-state index in [4.69, 9.17) is 10.6 Å². The molecule has 0 bridgehead atoms. The van der Waals surface area contributed by atoms with Gasteiger partial charge in [0.25, 0.3) is 11.8 Å². The number of carbonyl (C=O) groups is 3. The summed E-state index contributed by atoms with van der Waals surface area (Å²) in [7, 11) is 0. The Kier molecular flexibility index (Phi) is 11.5. The van der Waals surface area contributed by atoms with Crippen LogP contribution in [-0.4, -0.2) is 67.8 Å². The minimum atomic E-state index is -1.96. The van der Waals surface area contributed by atoms with E-state index < -0.39 is 42.2 Å². The minimum absolute atomic E-state index is 0.220. The predicted octanol–water partition coefficient (Wildman–Crippen LogP) is 2.60. The van der Waals surface area contributed by atoms with Gasteiger partial charge in [0, 0.05) is 22.6 Å². The average molecular weight is 673 g/mol. The zero-order chi connectivity index (χ0) is 28.5. The summed E-state index contributed by atoms with van der Waals surface area (Å²) in [6, 6.07) is 6.22. The van der Waals surface area contributed by atoms with E-state index in [2.05, 4.69) is 38.2 Å². The molecule has 0 radical (unpaired) electrons. The first-order valence-electron chi connectivity index (χ1n) is 12.4. The summed E-state index contributed by atoms with van der Waals surface area (Å²) in [6.07, 6.45) is 0.363. The third-order valence-electron chi connectivity index (χ3n) is 6.11. The molecule has 1 aliphatic heterocycles. The second kappa shape index (κ2) is 14.6. The largest absolute Gasteiger partial charge is 0.450 e. The van der Waals surface area contributed by atoms with Crippen LogP contribution in [0.5, 0.6) is 0 Å². The van der Waals surface area contributed by atoms with Crippen molar-refractivity contribution < 1.29 is 29.3 Å². The Balaban J connectivity index is 1.59. The Morgan fingerprint density at radius 3 is 2.69 bits per heavy atom. The van der Waals surface area contributed by atoms with Gasteiger partial charge in [0.15, 0.2) is 17.3 Å². The maximum absolute atomic E-state index is 13.1. The molecule has 0 spiro atoms. The standard InChI is InChI=1S/C25H33IN6O6S/c1-3-38-25(37)30-24-29-18(14-39-24)19-6-4-12-31(19)23(36)21(34)20(33)22(35)28-15(2)16-7-9-17(10-8-16)32(27)13-5-11-26/h5,7-10,13-15,19-21,33-34H,3-4,6,11-12,27H2,1-2H3,(H,28,35)(H,29,30,37)/b13-5-/t15-,19-,20-,21-/m1/s1. The first-order valence-corrected chi connectivity index (χ1v) is 14.8. The molecule has 0 unspecified atom stereocenters. The van der Waals surface area contributed by atoms with Crippen LogP contribution in [0.15, 0.2) is 41.9 Å². The van der Waals surface area contributed by atoms with Gasteiger partial charge in [-0.3, -0.25) is 19.9 Å². The third-order valence-corrected chi connectivity index (χ3v) is 7.39. The van der Waals surface area contributed by atoms with Crippen LogP contribution in [0, 0.1) is 0 Å². The molecule has 12 nitrogen and oxygen atoms in total. The summed E-state index contributed by atoms with van der Waals surface area (Å²) in [5.41, 5.74) is 2.05. The first-order chi connectivity index (χ1) is 18.7. The minimum Gasteiger partial charge on any atom is -0.450 e. The number of rotatable bonds is 11. The van der Waals surface area contributed by atoms with Crippen molar-refractivity contribution in [1.29, 1.82) is 0 Å². The fourth-order valence-electron chi connectivity index (χ4n) is 4.09. The molecule has 1 fully saturated rings. The van der Waals surface area contributed by atoms with E-state index in [-0.39, 0.29) is 6.61 Å². The predicted molar refractivity (Wildman–Crippen MR) is 156 cm³/mol. The highest BCUT2D eigenvalue weighted by Crippen LogP contribution is 2.34. The van der Waals surface area contributed by atoms with Crippen molar-refractivity contribution in [3.63, 3.8) is 0 Å². The number of aliphatic hydroxyl groups is 2. The number of alkyl halides is 1. The molecule has 1 saturated heterocycles. The van der Waals surface area contributed by atoms with E-state index in [1.807, 2.05) is 6.08 Å². The highest BCUT2D eigenvalue weighted by atomic mass is 127. The van der Waals surface area contributed by atoms with E-state index in [1.54, 1.807) is 49.7 Å². The number of hydrazine groups is 1. The second-order valence-corrected chi connectivity index (χ2v) is 10.5. The van der Waals surface area contributed by atoms with Gasteiger partial charge in [0.05, 0.1) is 30.1 Å². The molecular weight excluding hydrogens is 639 g/mol. The Morgan fingerprint density at radius 1 is 1.31 bits per heavy atom. The third kappa shape index (κ3) is 8.11. The number of anilines is 2. The van der Waals surface area contributed by atoms with Crippen molar-refractivity contribution in [2.75, 3.05) is 27.9 Å². The van der Waals surface area contributed by atoms with Gasteiger partial charge in [-0.05, 0) is 44.4 Å². The highest BCUT2D eigenvalue weighted by molar-refractivity contribution is 14.1. The van der Waals surface area contributed by atoms with Gasteiger partial charge in [-0.25, -0.2) is 15.6 Å². The fraction of sp³-hybridized carbons (Fsp3) is 0.440. The number of allylic oxidation sites excluding steroid dienone is 1. The zero-order valence-electron chi connectivity index (χ0n) is 21.6. The fourth-order valence-corrected chi connectivity index (χ4v) is 5.06. The van der Waals surface area contributed by atoms with Gasteiger partial charge in [-0.2, -0.15) is 0 Å². The van der Waals surface area contributed by atoms with Crippen LogP contribution in [0.1, 0.15) is 50.0 Å². The molecule has 14 heteroatoms. The van der Waals surface area contributed by atoms with E-state index in [9.17, 15) is 24.6 Å². The van der Waals surface area contributed by atoms with Crippen molar-refractivity contribution in [2.45, 2.75) is 51.0 Å². The Bertz CT molecular complexity index is 1160. The molecule has 4 atom stereocenters. The number of thiazole rings is 1. The number of benzene rings is 1. The van der Waals surface area contributed by atoms with Crippen LogP contribution >= 0.6 is 33.9 Å². The molecule has 3 rings (SSSR count). The molecule has 3 amide bonds. The van der Waals surface area contributed by atoms with E-state index >= 15 is 0 Å². The van der Waals surface area contributed by atoms with Crippen LogP contribution in [0.2, 0.25) is 0 Å². The summed E-state index contributed by atoms with van der Waals surface area (Å²) in [5.74, 6) is 4.33. The quantitative estimate of drug-likeness (QED) is 0.104. The summed E-state index contributed by atoms with van der Waals surface area (Å²) in [4.78, 5) is 43.2. The van der Waals surface area contributed by atoms with Gasteiger partial charge < -0.3 is 25.2 Å². The highest BCUT2D eigenvalue weighted by Gasteiger charge is 2.39. The van der Waals surface area contributed by atoms with Crippen LogP contribution in [0.4, 0.5) is 15.6 Å². The molecule has 2 heterocycles. The monoisotopic (exact) mass is 672 g/mol. The topological polar surface area (TPSA) is 170 Å². The molecule has 1 aromatic heterocycles. The van der Waals surface area contributed by atoms with Crippen LogP contribution in [-0.2, 0) is 14.3 Å². The summed E-state index contributed by atoms with van der Waals surface area (Å²) < 4.78 is 5.67. The molecular formula is C25H33IN6O6S. The Hall–Kier alpha value is -2.79. The summed E-state index contributed by atoms with van der Waals surface area (Å²) in [6.45, 7) is 3.97. The van der Waals surface area contributed by atoms with Crippen molar-refractivity contribution in [2.24, 2.45) is 5.84 Å². The Morgan fingerprint density at radius 2 is 2.03 bits per heavy atom. The molecule has 212 valence electrons. The van der Waals surface area contributed by atoms with Gasteiger partial charge >= 0.3 is 6.09 Å². The van der Waals surface area contributed by atoms with E-state index in [0.717, 1.165) is 15.7 Å². The van der Waals surface area contributed by atoms with Crippen LogP contribution in [0.3, 0.4) is 0 Å². The second-order valence-electron chi connectivity index (χ2n) is 8.77. The van der Waals surface area contributed by atoms with Crippen molar-refractivity contribution >= 4 is 62.7 Å². The number of hydrogen-bond acceptors (Lipinski definition) is 10. The SMILES string of the molecule is CCOC(=O)Nc1nc([C@H]2CCCN2C(=O)[C@H](O)[C@@H](O)C(=O)N[C@H](C)c2ccc(N(N)/C=C\CI)cc2)cs1. The van der Waals surface area contributed by atoms with Gasteiger partial charge in [-0.15, -0.1) is 11.3 Å². The zero-order valence-corrected chi connectivity index (χ0v) is 24.6. The van der Waals surface area contributed by atoms with Crippen LogP contribution in [0.25, 0.3) is 0 Å². The maximum Gasteiger partial charge on any atom is 0.413 e. The number of carbonyl (C=O) groups excluding carboxylic acids is 3. The molecule has 0 aliphatic carbocycles. The lowest BCUT2D eigenvalue weighted by molar-refractivity contribution is -0.154. The number of amides is 3. The first kappa shape index (κ1) is 30.7. The molecule has 0 saturated carbocycles. The number of likely N-dealkylation sites (tertiary alicyclic amines) is 1. The van der Waals surface area contributed by atoms with E-state index in [0.29, 0.717) is 30.2 Å². The van der Waals surface area contributed by atoms with Crippen LogP contribution < -0.4 is 21.5 Å². The number of nitrogens with two attached hydrogens (primary N) is 1. The normalized spacial score (nSPS) is 17.5. The average Bonchev–Trinajstić information content (AvgIpc) is 3.60. The number of nitrogens with zero attached hydrogens (tertiary/aromatic N) is 3. The lowest BCUT2D eigenvalue weighted by atomic mass is 10.1. The smallest absolute Gasteiger partial charge is 0.413 e. The Labute approximate surface area is 244 Å². The molecule has 1 aliphatic rings. The van der Waals surface area contributed by atoms with Crippen molar-refractivity contribution in [3.8, 4) is 0 Å². The summed E-state index contributed by atoms with van der Waals surface area (Å²) >= 11 is 3.39. The van der Waals surface area contributed by atoms with Crippen molar-refractivity contribution in [1.82, 2.24) is 15.2 Å². The molecule has 39 heavy (non-hydrogen) atoms. The molecule has 2 aromatic rings. The number of hydrogen-bond donors (Lipinski definition) is 5. The maximum atomic E-state index is 13.1. The number of aliphatic hydroxyl groups excluding tert-OH is 2. The molecule has 1 aromatic carbocycles.